The molecule has 0 atom stereocenters. The fourth-order valence-corrected chi connectivity index (χ4v) is 0.385. The number of rotatable bonds is 0. The Bertz CT molecular complexity index is 76.5. The van der Waals surface area contributed by atoms with E-state index in [-0.39, 0.29) is 12.4 Å². The van der Waals surface area contributed by atoms with Crippen LogP contribution in [0.3, 0.4) is 0 Å². The Morgan fingerprint density at radius 1 is 0.556 bits per heavy atom. The van der Waals surface area contributed by atoms with Crippen LogP contribution in [0.15, 0.2) is 36.4 Å². The second-order valence-corrected chi connectivity index (χ2v) is 1.15. The highest BCUT2D eigenvalue weighted by atomic mass is 35.5. The maximum Gasteiger partial charge on any atom is -0.0623 e. The average molecular weight is 145 g/mol. The normalized spacial score (nSPS) is 6.00. The summed E-state index contributed by atoms with van der Waals surface area (Å²) in [5.41, 5.74) is 0. The van der Waals surface area contributed by atoms with Gasteiger partial charge in [0.25, 0.3) is 0 Å². The monoisotopic (exact) mass is 144 g/mol. The van der Waals surface area contributed by atoms with Gasteiger partial charge in [0.15, 0.2) is 0 Å². The first-order chi connectivity index (χ1) is 4.00. The van der Waals surface area contributed by atoms with E-state index in [1.807, 2.05) is 50.2 Å². The van der Waals surface area contributed by atoms with E-state index >= 15 is 0 Å². The van der Waals surface area contributed by atoms with Crippen molar-refractivity contribution in [3.63, 3.8) is 0 Å². The van der Waals surface area contributed by atoms with Gasteiger partial charge >= 0.3 is 0 Å². The Labute approximate surface area is 63.3 Å². The topological polar surface area (TPSA) is 0 Å². The predicted octanol–water partition coefficient (Wildman–Crippen LogP) is 3.13. The molecule has 52 valence electrons. The number of hydrogen-bond acceptors (Lipinski definition) is 0. The van der Waals surface area contributed by atoms with Crippen molar-refractivity contribution in [1.29, 1.82) is 0 Å². The minimum absolute atomic E-state index is 0. The number of hydrogen-bond donors (Lipinski definition) is 0. The van der Waals surface area contributed by atoms with Gasteiger partial charge in [-0.25, -0.2) is 0 Å². The molecular formula is C8H13Cl. The van der Waals surface area contributed by atoms with Gasteiger partial charge in [-0.1, -0.05) is 50.2 Å². The molecule has 0 aromatic heterocycles. The Morgan fingerprint density at radius 2 is 0.667 bits per heavy atom. The van der Waals surface area contributed by atoms with Crippen LogP contribution in [0.25, 0.3) is 0 Å². The molecule has 0 spiro atoms. The fourth-order valence-electron chi connectivity index (χ4n) is 0.385. The summed E-state index contributed by atoms with van der Waals surface area (Å²) in [4.78, 5) is 0. The van der Waals surface area contributed by atoms with Gasteiger partial charge in [-0.2, -0.15) is 0 Å². The van der Waals surface area contributed by atoms with Crippen LogP contribution in [0.1, 0.15) is 13.8 Å². The summed E-state index contributed by atoms with van der Waals surface area (Å²) in [5.74, 6) is 0. The molecule has 0 aliphatic carbocycles. The molecule has 0 heterocycles. The molecule has 0 bridgehead atoms. The lowest BCUT2D eigenvalue weighted by Gasteiger charge is -1.69. The second kappa shape index (κ2) is 10.5. The van der Waals surface area contributed by atoms with E-state index in [1.54, 1.807) is 0 Å². The molecule has 1 heteroatoms. The third-order valence-corrected chi connectivity index (χ3v) is 0.667. The van der Waals surface area contributed by atoms with Crippen LogP contribution in [-0.2, 0) is 0 Å². The molecule has 0 saturated heterocycles. The highest BCUT2D eigenvalue weighted by Crippen LogP contribution is 1.79. The molecule has 9 heavy (non-hydrogen) atoms. The van der Waals surface area contributed by atoms with Gasteiger partial charge in [0.1, 0.15) is 0 Å². The van der Waals surface area contributed by atoms with Gasteiger partial charge in [-0.05, 0) is 0 Å². The van der Waals surface area contributed by atoms with Crippen molar-refractivity contribution in [1.82, 2.24) is 0 Å². The predicted molar refractivity (Wildman–Crippen MR) is 45.0 cm³/mol. The lowest BCUT2D eigenvalue weighted by atomic mass is 10.4. The van der Waals surface area contributed by atoms with E-state index in [4.69, 9.17) is 0 Å². The Kier molecular flexibility index (Phi) is 13.2. The molecule has 0 nitrogen and oxygen atoms in total. The van der Waals surface area contributed by atoms with Crippen LogP contribution >= 0.6 is 12.4 Å². The molecule has 0 unspecified atom stereocenters. The van der Waals surface area contributed by atoms with Gasteiger partial charge in [-0.3, -0.25) is 0 Å². The minimum atomic E-state index is 0. The summed E-state index contributed by atoms with van der Waals surface area (Å²) in [7, 11) is 0. The standard InChI is InChI=1S/C6H6.C2H6.ClH/c1-2-4-6-5-3-1;1-2;/h1-6H;1-2H3;1H. The first-order valence-electron chi connectivity index (χ1n) is 3.00. The van der Waals surface area contributed by atoms with Crippen molar-refractivity contribution >= 4 is 12.4 Å². The molecule has 0 aliphatic heterocycles. The molecular weight excluding hydrogens is 132 g/mol. The Hall–Kier alpha value is -0.490. The van der Waals surface area contributed by atoms with Crippen molar-refractivity contribution in [3.05, 3.63) is 36.4 Å². The quantitative estimate of drug-likeness (QED) is 0.525. The van der Waals surface area contributed by atoms with Gasteiger partial charge in [0.05, 0.1) is 0 Å². The van der Waals surface area contributed by atoms with E-state index in [9.17, 15) is 0 Å². The van der Waals surface area contributed by atoms with Crippen molar-refractivity contribution in [2.45, 2.75) is 13.8 Å². The van der Waals surface area contributed by atoms with Crippen LogP contribution in [0.2, 0.25) is 0 Å². The van der Waals surface area contributed by atoms with Crippen LogP contribution in [0.5, 0.6) is 0 Å². The molecule has 0 saturated carbocycles. The van der Waals surface area contributed by atoms with Gasteiger partial charge in [0, 0.05) is 0 Å². The summed E-state index contributed by atoms with van der Waals surface area (Å²) in [6.07, 6.45) is 0. The zero-order valence-electron chi connectivity index (χ0n) is 5.87. The SMILES string of the molecule is CC.Cl.c1ccccc1. The minimum Gasteiger partial charge on any atom is -0.147 e. The highest BCUT2D eigenvalue weighted by Gasteiger charge is 1.57. The summed E-state index contributed by atoms with van der Waals surface area (Å²) in [5, 5.41) is 0. The molecule has 0 fully saturated rings. The first-order valence-corrected chi connectivity index (χ1v) is 3.00. The van der Waals surface area contributed by atoms with E-state index in [0.29, 0.717) is 0 Å². The zero-order chi connectivity index (χ0) is 6.24. The largest absolute Gasteiger partial charge is 0.147 e. The number of halogens is 1. The van der Waals surface area contributed by atoms with E-state index in [1.165, 1.54) is 0 Å². The second-order valence-electron chi connectivity index (χ2n) is 1.15. The smallest absolute Gasteiger partial charge is 0.0623 e. The number of benzene rings is 1. The summed E-state index contributed by atoms with van der Waals surface area (Å²) in [6.45, 7) is 4.00. The van der Waals surface area contributed by atoms with Crippen molar-refractivity contribution in [2.24, 2.45) is 0 Å². The van der Waals surface area contributed by atoms with E-state index in [2.05, 4.69) is 0 Å². The Balaban J connectivity index is 0. The zero-order valence-corrected chi connectivity index (χ0v) is 6.69. The fraction of sp³-hybridized carbons (Fsp3) is 0.250. The van der Waals surface area contributed by atoms with Crippen molar-refractivity contribution in [3.8, 4) is 0 Å². The maximum atomic E-state index is 2.00. The first kappa shape index (κ1) is 11.3. The van der Waals surface area contributed by atoms with Crippen LogP contribution in [0.4, 0.5) is 0 Å². The van der Waals surface area contributed by atoms with Crippen LogP contribution < -0.4 is 0 Å². The average Bonchev–Trinajstić information content (AvgIpc) is 1.96. The molecule has 1 aromatic rings. The summed E-state index contributed by atoms with van der Waals surface area (Å²) < 4.78 is 0. The van der Waals surface area contributed by atoms with Gasteiger partial charge in [0.2, 0.25) is 0 Å². The summed E-state index contributed by atoms with van der Waals surface area (Å²) >= 11 is 0. The van der Waals surface area contributed by atoms with Gasteiger partial charge < -0.3 is 0 Å². The molecule has 1 rings (SSSR count). The molecule has 0 aliphatic rings. The van der Waals surface area contributed by atoms with Crippen LogP contribution in [-0.4, -0.2) is 0 Å². The van der Waals surface area contributed by atoms with Crippen LogP contribution in [0, 0.1) is 0 Å². The van der Waals surface area contributed by atoms with E-state index < -0.39 is 0 Å². The lowest BCUT2D eigenvalue weighted by molar-refractivity contribution is 1.50. The maximum absolute atomic E-state index is 2.00. The summed E-state index contributed by atoms with van der Waals surface area (Å²) in [6, 6.07) is 12.0. The third-order valence-electron chi connectivity index (χ3n) is 0.667. The van der Waals surface area contributed by atoms with Crippen molar-refractivity contribution < 1.29 is 0 Å². The molecule has 0 amide bonds. The third kappa shape index (κ3) is 7.51. The molecule has 0 N–H and O–H groups in total. The lowest BCUT2D eigenvalue weighted by Crippen LogP contribution is -1.47. The van der Waals surface area contributed by atoms with Crippen molar-refractivity contribution in [2.75, 3.05) is 0 Å². The van der Waals surface area contributed by atoms with Gasteiger partial charge in [-0.15, -0.1) is 12.4 Å². The van der Waals surface area contributed by atoms with E-state index in [0.717, 1.165) is 0 Å². The molecule has 0 radical (unpaired) electrons. The highest BCUT2D eigenvalue weighted by molar-refractivity contribution is 5.85. The molecule has 1 aromatic carbocycles. The Morgan fingerprint density at radius 3 is 0.778 bits per heavy atom.